The molecule has 0 fully saturated rings. The lowest BCUT2D eigenvalue weighted by atomic mass is 10.0. The summed E-state index contributed by atoms with van der Waals surface area (Å²) in [5.74, 6) is -6.20. The molecule has 4 amide bonds. The Labute approximate surface area is 343 Å². The molecule has 0 aliphatic rings. The number of carbonyl (C=O) groups is 4. The zero-order chi connectivity index (χ0) is 42.0. The van der Waals surface area contributed by atoms with Crippen LogP contribution < -0.4 is 20.4 Å². The van der Waals surface area contributed by atoms with Crippen LogP contribution in [0.4, 0.5) is 28.9 Å². The molecule has 2 N–H and O–H groups in total. The van der Waals surface area contributed by atoms with Gasteiger partial charge in [0.2, 0.25) is 11.8 Å². The molecule has 300 valence electrons. The first-order chi connectivity index (χ1) is 28.2. The Hall–Kier alpha value is -6.52. The lowest BCUT2D eigenvalue weighted by Crippen LogP contribution is -2.49. The van der Waals surface area contributed by atoms with E-state index in [0.717, 1.165) is 33.7 Å². The second-order valence-electron chi connectivity index (χ2n) is 13.9. The lowest BCUT2D eigenvalue weighted by molar-refractivity contribution is -0.120. The average molecular weight is 839 g/mol. The Bertz CT molecular complexity index is 2540. The van der Waals surface area contributed by atoms with E-state index in [1.54, 1.807) is 54.3 Å². The van der Waals surface area contributed by atoms with Crippen molar-refractivity contribution in [2.45, 2.75) is 31.8 Å². The average Bonchev–Trinajstić information content (AvgIpc) is 3.87. The quantitative estimate of drug-likeness (QED) is 0.121. The number of fused-ring (bicyclic) bond motifs is 2. The van der Waals surface area contributed by atoms with Crippen LogP contribution in [0.3, 0.4) is 0 Å². The summed E-state index contributed by atoms with van der Waals surface area (Å²) in [6.45, 7) is 1.63. The Balaban J connectivity index is 1.15. The molecule has 0 saturated carbocycles. The van der Waals surface area contributed by atoms with Crippen molar-refractivity contribution in [3.63, 3.8) is 0 Å². The number of aromatic nitrogens is 2. The van der Waals surface area contributed by atoms with Crippen molar-refractivity contribution in [3.05, 3.63) is 153 Å². The minimum Gasteiger partial charge on any atom is -0.340 e. The third-order valence-electron chi connectivity index (χ3n) is 9.60. The highest BCUT2D eigenvalue weighted by Gasteiger charge is 2.29. The molecule has 7 rings (SSSR count). The van der Waals surface area contributed by atoms with Crippen LogP contribution in [0.2, 0.25) is 0 Å². The summed E-state index contributed by atoms with van der Waals surface area (Å²) in [6.07, 6.45) is -0.565. The number of aryl methyl sites for hydroxylation is 1. The number of rotatable bonds is 12. The van der Waals surface area contributed by atoms with Crippen LogP contribution in [0.15, 0.2) is 102 Å². The molecule has 2 atom stereocenters. The second-order valence-corrected chi connectivity index (χ2v) is 15.7. The van der Waals surface area contributed by atoms with Gasteiger partial charge in [-0.3, -0.25) is 19.2 Å². The van der Waals surface area contributed by atoms with Gasteiger partial charge in [-0.2, -0.15) is 0 Å². The third kappa shape index (κ3) is 9.45. The molecule has 0 saturated heterocycles. The van der Waals surface area contributed by atoms with E-state index < -0.39 is 59.0 Å². The van der Waals surface area contributed by atoms with Crippen molar-refractivity contribution in [3.8, 4) is 0 Å². The van der Waals surface area contributed by atoms with E-state index in [-0.39, 0.29) is 35.1 Å². The fourth-order valence-corrected chi connectivity index (χ4v) is 8.01. The number of nitrogens with one attached hydrogen (secondary N) is 2. The molecule has 7 aromatic rings. The van der Waals surface area contributed by atoms with Crippen LogP contribution in [-0.2, 0) is 22.4 Å². The van der Waals surface area contributed by atoms with E-state index in [9.17, 15) is 36.7 Å². The highest BCUT2D eigenvalue weighted by atomic mass is 32.1. The number of hydrogen-bond donors (Lipinski definition) is 2. The van der Waals surface area contributed by atoms with Gasteiger partial charge >= 0.3 is 0 Å². The van der Waals surface area contributed by atoms with E-state index in [4.69, 9.17) is 0 Å². The van der Waals surface area contributed by atoms with Crippen molar-refractivity contribution in [2.75, 3.05) is 23.9 Å². The number of hydrogen-bond acceptors (Lipinski definition) is 8. The summed E-state index contributed by atoms with van der Waals surface area (Å²) in [5.41, 5.74) is 6.19. The summed E-state index contributed by atoms with van der Waals surface area (Å²) in [4.78, 5) is 67.2. The van der Waals surface area contributed by atoms with Crippen LogP contribution in [0.1, 0.15) is 37.4 Å². The van der Waals surface area contributed by atoms with Gasteiger partial charge in [-0.25, -0.2) is 27.5 Å². The first-order valence-corrected chi connectivity index (χ1v) is 19.8. The predicted molar refractivity (Wildman–Crippen MR) is 220 cm³/mol. The highest BCUT2D eigenvalue weighted by molar-refractivity contribution is 7.17. The van der Waals surface area contributed by atoms with Gasteiger partial charge in [0.05, 0.1) is 31.5 Å². The fourth-order valence-electron chi connectivity index (χ4n) is 6.69. The van der Waals surface area contributed by atoms with E-state index in [2.05, 4.69) is 20.6 Å². The molecule has 0 spiro atoms. The smallest absolute Gasteiger partial charge is 0.251 e. The van der Waals surface area contributed by atoms with Crippen LogP contribution >= 0.6 is 22.7 Å². The number of carbonyl (C=O) groups excluding carboxylic acids is 4. The second kappa shape index (κ2) is 17.1. The van der Waals surface area contributed by atoms with Gasteiger partial charge in [-0.1, -0.05) is 0 Å². The van der Waals surface area contributed by atoms with Crippen LogP contribution in [-0.4, -0.2) is 59.8 Å². The number of likely N-dealkylation sites (N-methyl/N-ethyl adjacent to an activating group) is 2. The molecule has 2 aromatic heterocycles. The molecular formula is C43H34F4N6O4S2. The van der Waals surface area contributed by atoms with E-state index in [1.165, 1.54) is 64.8 Å². The van der Waals surface area contributed by atoms with Crippen molar-refractivity contribution in [1.82, 2.24) is 20.6 Å². The maximum Gasteiger partial charge on any atom is 0.251 e. The fraction of sp³-hybridized carbons (Fsp3) is 0.163. The predicted octanol–water partition coefficient (Wildman–Crippen LogP) is 7.78. The van der Waals surface area contributed by atoms with Crippen LogP contribution in [0, 0.1) is 30.2 Å². The Morgan fingerprint density at radius 3 is 1.36 bits per heavy atom. The normalized spacial score (nSPS) is 12.3. The first kappa shape index (κ1) is 40.7. The van der Waals surface area contributed by atoms with Crippen LogP contribution in [0.25, 0.3) is 20.4 Å². The number of benzene rings is 5. The van der Waals surface area contributed by atoms with E-state index >= 15 is 0 Å². The summed E-state index contributed by atoms with van der Waals surface area (Å²) in [6, 6.07) is 17.7. The topological polar surface area (TPSA) is 125 Å². The largest absolute Gasteiger partial charge is 0.340 e. The van der Waals surface area contributed by atoms with Gasteiger partial charge in [0.1, 0.15) is 35.4 Å². The number of amides is 4. The summed E-state index contributed by atoms with van der Waals surface area (Å²) in [5, 5.41) is 5.37. The maximum absolute atomic E-state index is 14.3. The zero-order valence-corrected chi connectivity index (χ0v) is 33.3. The first-order valence-electron chi connectivity index (χ1n) is 18.1. The minimum absolute atomic E-state index is 0.0336. The molecule has 2 heterocycles. The number of nitrogens with zero attached hydrogens (tertiary/aromatic N) is 4. The highest BCUT2D eigenvalue weighted by Crippen LogP contribution is 2.26. The minimum atomic E-state index is -1.33. The molecule has 0 radical (unpaired) electrons. The Kier molecular flexibility index (Phi) is 11.8. The van der Waals surface area contributed by atoms with Crippen molar-refractivity contribution in [1.29, 1.82) is 0 Å². The maximum atomic E-state index is 14.3. The van der Waals surface area contributed by atoms with Gasteiger partial charge < -0.3 is 20.4 Å². The Morgan fingerprint density at radius 1 is 0.576 bits per heavy atom. The van der Waals surface area contributed by atoms with Crippen molar-refractivity contribution < 1.29 is 36.7 Å². The number of thiazole rings is 2. The number of anilines is 2. The summed E-state index contributed by atoms with van der Waals surface area (Å²) >= 11 is 2.85. The van der Waals surface area contributed by atoms with Gasteiger partial charge in [0.15, 0.2) is 0 Å². The molecule has 1 unspecified atom stereocenters. The molecule has 5 aromatic carbocycles. The lowest BCUT2D eigenvalue weighted by Gasteiger charge is -2.26. The molecule has 0 aliphatic heterocycles. The summed E-state index contributed by atoms with van der Waals surface area (Å²) < 4.78 is 58.8. The van der Waals surface area contributed by atoms with Gasteiger partial charge in [-0.15, -0.1) is 22.7 Å². The molecule has 0 bridgehead atoms. The Morgan fingerprint density at radius 2 is 0.966 bits per heavy atom. The molecular weight excluding hydrogens is 805 g/mol. The van der Waals surface area contributed by atoms with E-state index in [1.807, 2.05) is 0 Å². The van der Waals surface area contributed by atoms with Crippen LogP contribution in [0.5, 0.6) is 0 Å². The van der Waals surface area contributed by atoms with E-state index in [0.29, 0.717) is 40.1 Å². The van der Waals surface area contributed by atoms with Gasteiger partial charge in [0, 0.05) is 61.6 Å². The monoisotopic (exact) mass is 838 g/mol. The summed E-state index contributed by atoms with van der Waals surface area (Å²) in [7, 11) is 3.00. The third-order valence-corrected chi connectivity index (χ3v) is 11.2. The standard InChI is InChI=1S/C43H34F4N6O4S2/c1-23-8-26(40(54)50-36(14-24-10-28(44)17-29(45)11-24)42(56)52(2)32-4-6-38-34(19-32)48-21-58-38)16-27(9-23)41(55)51-37(15-25-12-30(46)18-31(47)13-25)43(57)53(3)33-5-7-39-35(20-33)49-22-59-39/h4-13,16-22,36-37H,14-15H2,1-3H3,(H,50,54)(H,51,55)/t36-,37?/m0/s1. The zero-order valence-electron chi connectivity index (χ0n) is 31.6. The van der Waals surface area contributed by atoms with Gasteiger partial charge in [0.25, 0.3) is 11.8 Å². The molecule has 59 heavy (non-hydrogen) atoms. The molecule has 10 nitrogen and oxygen atoms in total. The van der Waals surface area contributed by atoms with Crippen molar-refractivity contribution in [2.24, 2.45) is 0 Å². The molecule has 0 aliphatic carbocycles. The SMILES string of the molecule is Cc1cc(C(=O)NC(Cc2cc(F)cc(F)c2)C(=O)N(C)c2ccc3scnc3c2)cc(C(=O)N[C@@H](Cc2cc(F)cc(F)c2)C(=O)N(C)c2ccc3scnc3c2)c1. The molecule has 16 heteroatoms. The van der Waals surface area contributed by atoms with Crippen molar-refractivity contribution >= 4 is 78.1 Å². The number of halogens is 4. The van der Waals surface area contributed by atoms with Gasteiger partial charge in [-0.05, 0) is 102 Å².